The van der Waals surface area contributed by atoms with Crippen LogP contribution in [0.25, 0.3) is 0 Å². The molecule has 0 heterocycles. The molecule has 0 aliphatic heterocycles. The normalized spacial score (nSPS) is 21.6. The van der Waals surface area contributed by atoms with Crippen molar-refractivity contribution in [3.63, 3.8) is 0 Å². The first-order valence-corrected chi connectivity index (χ1v) is 7.44. The van der Waals surface area contributed by atoms with E-state index in [-0.39, 0.29) is 5.91 Å². The number of rotatable bonds is 7. The van der Waals surface area contributed by atoms with E-state index in [2.05, 4.69) is 5.32 Å². The van der Waals surface area contributed by atoms with Gasteiger partial charge in [-0.25, -0.2) is 0 Å². The summed E-state index contributed by atoms with van der Waals surface area (Å²) in [5.41, 5.74) is 5.74. The van der Waals surface area contributed by atoms with Gasteiger partial charge in [0.2, 0.25) is 5.91 Å². The number of carbonyl (C=O) groups is 1. The van der Waals surface area contributed by atoms with Crippen molar-refractivity contribution in [2.75, 3.05) is 19.7 Å². The lowest BCUT2D eigenvalue weighted by molar-refractivity contribution is -0.121. The van der Waals surface area contributed by atoms with Crippen LogP contribution >= 0.6 is 0 Å². The topological polar surface area (TPSA) is 64.3 Å². The summed E-state index contributed by atoms with van der Waals surface area (Å²) in [7, 11) is 0. The summed E-state index contributed by atoms with van der Waals surface area (Å²) < 4.78 is 5.51. The van der Waals surface area contributed by atoms with Crippen molar-refractivity contribution in [1.29, 1.82) is 0 Å². The Morgan fingerprint density at radius 3 is 2.75 bits per heavy atom. The Labute approximate surface area is 120 Å². The molecule has 3 N–H and O–H groups in total. The molecule has 0 saturated heterocycles. The van der Waals surface area contributed by atoms with Crippen molar-refractivity contribution in [2.24, 2.45) is 17.6 Å². The molecule has 1 fully saturated rings. The minimum atomic E-state index is 0.0589. The molecule has 1 aromatic carbocycles. The van der Waals surface area contributed by atoms with E-state index in [1.807, 2.05) is 30.3 Å². The zero-order chi connectivity index (χ0) is 14.2. The first-order valence-electron chi connectivity index (χ1n) is 7.44. The molecule has 110 valence electrons. The summed E-state index contributed by atoms with van der Waals surface area (Å²) in [4.78, 5) is 11.8. The van der Waals surface area contributed by atoms with Gasteiger partial charge in [0.25, 0.3) is 0 Å². The van der Waals surface area contributed by atoms with Crippen molar-refractivity contribution in [1.82, 2.24) is 5.32 Å². The predicted octanol–water partition coefficient (Wildman–Crippen LogP) is 1.95. The van der Waals surface area contributed by atoms with Gasteiger partial charge in [-0.3, -0.25) is 4.79 Å². The lowest BCUT2D eigenvalue weighted by Gasteiger charge is -2.18. The van der Waals surface area contributed by atoms with Gasteiger partial charge in [0.05, 0.1) is 13.0 Å². The predicted molar refractivity (Wildman–Crippen MR) is 79.4 cm³/mol. The number of ether oxygens (including phenoxy) is 1. The Kier molecular flexibility index (Phi) is 5.87. The van der Waals surface area contributed by atoms with Crippen LogP contribution in [-0.4, -0.2) is 25.6 Å². The highest BCUT2D eigenvalue weighted by Gasteiger charge is 2.25. The summed E-state index contributed by atoms with van der Waals surface area (Å²) in [5, 5.41) is 3.00. The van der Waals surface area contributed by atoms with Gasteiger partial charge in [-0.2, -0.15) is 0 Å². The van der Waals surface area contributed by atoms with Crippen molar-refractivity contribution < 1.29 is 9.53 Å². The molecule has 1 aliphatic rings. The number of nitrogens with one attached hydrogen (secondary N) is 1. The smallest absolute Gasteiger partial charge is 0.223 e. The second-order valence-electron chi connectivity index (χ2n) is 5.40. The zero-order valence-electron chi connectivity index (χ0n) is 11.9. The van der Waals surface area contributed by atoms with Gasteiger partial charge in [-0.1, -0.05) is 24.6 Å². The van der Waals surface area contributed by atoms with Crippen LogP contribution in [0.4, 0.5) is 0 Å². The Hall–Kier alpha value is -1.55. The monoisotopic (exact) mass is 276 g/mol. The minimum Gasteiger partial charge on any atom is -0.493 e. The molecule has 1 saturated carbocycles. The van der Waals surface area contributed by atoms with Crippen LogP contribution in [0, 0.1) is 11.8 Å². The maximum Gasteiger partial charge on any atom is 0.223 e. The molecule has 0 bridgehead atoms. The average molecular weight is 276 g/mol. The van der Waals surface area contributed by atoms with Crippen molar-refractivity contribution in [3.05, 3.63) is 30.3 Å². The van der Waals surface area contributed by atoms with Crippen LogP contribution in [0.3, 0.4) is 0 Å². The van der Waals surface area contributed by atoms with E-state index in [9.17, 15) is 4.79 Å². The fourth-order valence-electron chi connectivity index (χ4n) is 2.80. The largest absolute Gasteiger partial charge is 0.493 e. The van der Waals surface area contributed by atoms with E-state index < -0.39 is 0 Å². The van der Waals surface area contributed by atoms with Crippen molar-refractivity contribution in [3.8, 4) is 5.75 Å². The quantitative estimate of drug-likeness (QED) is 0.800. The van der Waals surface area contributed by atoms with Crippen LogP contribution in [0.2, 0.25) is 0 Å². The lowest BCUT2D eigenvalue weighted by Crippen LogP contribution is -2.33. The molecular weight excluding hydrogens is 252 g/mol. The van der Waals surface area contributed by atoms with E-state index in [1.54, 1.807) is 0 Å². The summed E-state index contributed by atoms with van der Waals surface area (Å²) in [6, 6.07) is 9.56. The molecule has 20 heavy (non-hydrogen) atoms. The number of amides is 1. The SMILES string of the molecule is NCC1CCCC1CNC(=O)CCOc1ccccc1. The second-order valence-corrected chi connectivity index (χ2v) is 5.40. The number of hydrogen-bond acceptors (Lipinski definition) is 3. The van der Waals surface area contributed by atoms with Gasteiger partial charge in [0, 0.05) is 6.54 Å². The first kappa shape index (κ1) is 14.9. The van der Waals surface area contributed by atoms with Gasteiger partial charge < -0.3 is 15.8 Å². The van der Waals surface area contributed by atoms with Gasteiger partial charge in [-0.15, -0.1) is 0 Å². The molecule has 0 aromatic heterocycles. The van der Waals surface area contributed by atoms with Crippen LogP contribution in [0.15, 0.2) is 30.3 Å². The van der Waals surface area contributed by atoms with Gasteiger partial charge in [0.1, 0.15) is 5.75 Å². The summed E-state index contributed by atoms with van der Waals surface area (Å²) in [6.45, 7) is 1.91. The minimum absolute atomic E-state index is 0.0589. The molecular formula is C16H24N2O2. The Bertz CT molecular complexity index is 408. The van der Waals surface area contributed by atoms with Gasteiger partial charge in [-0.05, 0) is 43.4 Å². The first-order chi connectivity index (χ1) is 9.79. The highest BCUT2D eigenvalue weighted by atomic mass is 16.5. The van der Waals surface area contributed by atoms with E-state index in [1.165, 1.54) is 19.3 Å². The number of carbonyl (C=O) groups excluding carboxylic acids is 1. The molecule has 2 unspecified atom stereocenters. The summed E-state index contributed by atoms with van der Waals surface area (Å²) in [5.74, 6) is 2.00. The number of benzene rings is 1. The van der Waals surface area contributed by atoms with Crippen molar-refractivity contribution in [2.45, 2.75) is 25.7 Å². The maximum atomic E-state index is 11.8. The van der Waals surface area contributed by atoms with Gasteiger partial charge in [0.15, 0.2) is 0 Å². The van der Waals surface area contributed by atoms with E-state index in [0.29, 0.717) is 24.9 Å². The summed E-state index contributed by atoms with van der Waals surface area (Å²) >= 11 is 0. The molecule has 4 heteroatoms. The molecule has 0 radical (unpaired) electrons. The Balaban J connectivity index is 1.61. The molecule has 1 aromatic rings. The standard InChI is InChI=1S/C16H24N2O2/c17-11-13-5-4-6-14(13)12-18-16(19)9-10-20-15-7-2-1-3-8-15/h1-3,7-8,13-14H,4-6,9-12,17H2,(H,18,19). The fraction of sp³-hybridized carbons (Fsp3) is 0.562. The number of para-hydroxylation sites is 1. The van der Waals surface area contributed by atoms with E-state index in [4.69, 9.17) is 10.5 Å². The highest BCUT2D eigenvalue weighted by molar-refractivity contribution is 5.75. The van der Waals surface area contributed by atoms with Crippen LogP contribution in [-0.2, 0) is 4.79 Å². The summed E-state index contributed by atoms with van der Waals surface area (Å²) in [6.07, 6.45) is 4.02. The molecule has 1 aliphatic carbocycles. The lowest BCUT2D eigenvalue weighted by atomic mass is 9.96. The third-order valence-corrected chi connectivity index (χ3v) is 4.02. The Morgan fingerprint density at radius 2 is 2.00 bits per heavy atom. The van der Waals surface area contributed by atoms with Gasteiger partial charge >= 0.3 is 0 Å². The molecule has 4 nitrogen and oxygen atoms in total. The second kappa shape index (κ2) is 7.90. The zero-order valence-corrected chi connectivity index (χ0v) is 11.9. The van der Waals surface area contributed by atoms with Crippen molar-refractivity contribution >= 4 is 5.91 Å². The number of hydrogen-bond donors (Lipinski definition) is 2. The molecule has 2 atom stereocenters. The fourth-order valence-corrected chi connectivity index (χ4v) is 2.80. The molecule has 0 spiro atoms. The van der Waals surface area contributed by atoms with E-state index >= 15 is 0 Å². The average Bonchev–Trinajstić information content (AvgIpc) is 2.94. The molecule has 2 rings (SSSR count). The van der Waals surface area contributed by atoms with Crippen LogP contribution in [0.5, 0.6) is 5.75 Å². The number of nitrogens with two attached hydrogens (primary N) is 1. The molecule has 1 amide bonds. The third-order valence-electron chi connectivity index (χ3n) is 4.02. The Morgan fingerprint density at radius 1 is 1.25 bits per heavy atom. The van der Waals surface area contributed by atoms with E-state index in [0.717, 1.165) is 18.8 Å². The third kappa shape index (κ3) is 4.53. The van der Waals surface area contributed by atoms with Crippen LogP contribution in [0.1, 0.15) is 25.7 Å². The highest BCUT2D eigenvalue weighted by Crippen LogP contribution is 2.30. The van der Waals surface area contributed by atoms with Crippen LogP contribution < -0.4 is 15.8 Å². The maximum absolute atomic E-state index is 11.8.